The summed E-state index contributed by atoms with van der Waals surface area (Å²) in [6.45, 7) is 3.23. The summed E-state index contributed by atoms with van der Waals surface area (Å²) in [5.41, 5.74) is 1.11. The van der Waals surface area contributed by atoms with Crippen LogP contribution < -0.4 is 5.32 Å². The second kappa shape index (κ2) is 5.29. The van der Waals surface area contributed by atoms with E-state index in [1.807, 2.05) is 30.3 Å². The standard InChI is InChI=1S/C11H14N2O/c1-12-10(11(14)13-2)8-9-6-4-3-5-7-9/h3-7,10,12H,2,8H2,1H3/t10-/m1/s1. The molecule has 74 valence electrons. The van der Waals surface area contributed by atoms with Gasteiger partial charge in [-0.15, -0.1) is 0 Å². The Morgan fingerprint density at radius 3 is 2.64 bits per heavy atom. The summed E-state index contributed by atoms with van der Waals surface area (Å²) in [7, 11) is 1.75. The molecular formula is C11H14N2O. The highest BCUT2D eigenvalue weighted by molar-refractivity contribution is 5.85. The Kier molecular flexibility index (Phi) is 4.01. The van der Waals surface area contributed by atoms with Gasteiger partial charge in [0.25, 0.3) is 5.91 Å². The number of amides is 1. The predicted octanol–water partition coefficient (Wildman–Crippen LogP) is 1.04. The number of carbonyl (C=O) groups excluding carboxylic acids is 1. The van der Waals surface area contributed by atoms with Gasteiger partial charge in [0.2, 0.25) is 0 Å². The molecule has 14 heavy (non-hydrogen) atoms. The Morgan fingerprint density at radius 2 is 2.14 bits per heavy atom. The van der Waals surface area contributed by atoms with Crippen molar-refractivity contribution in [3.8, 4) is 0 Å². The van der Waals surface area contributed by atoms with Gasteiger partial charge in [0, 0.05) is 0 Å². The van der Waals surface area contributed by atoms with E-state index in [-0.39, 0.29) is 11.9 Å². The first-order valence-corrected chi connectivity index (χ1v) is 4.49. The van der Waals surface area contributed by atoms with E-state index in [4.69, 9.17) is 0 Å². The van der Waals surface area contributed by atoms with Crippen LogP contribution in [-0.4, -0.2) is 25.7 Å². The van der Waals surface area contributed by atoms with Crippen LogP contribution in [0.4, 0.5) is 0 Å². The van der Waals surface area contributed by atoms with Crippen LogP contribution in [0.3, 0.4) is 0 Å². The molecule has 0 spiro atoms. The molecule has 1 amide bonds. The summed E-state index contributed by atoms with van der Waals surface area (Å²) in [4.78, 5) is 14.7. The van der Waals surface area contributed by atoms with E-state index in [2.05, 4.69) is 17.0 Å². The average Bonchev–Trinajstić information content (AvgIpc) is 2.26. The third kappa shape index (κ3) is 2.78. The van der Waals surface area contributed by atoms with Crippen molar-refractivity contribution in [3.05, 3.63) is 35.9 Å². The molecule has 1 rings (SSSR count). The topological polar surface area (TPSA) is 41.5 Å². The lowest BCUT2D eigenvalue weighted by molar-refractivity contribution is -0.119. The minimum Gasteiger partial charge on any atom is -0.309 e. The Bertz CT molecular complexity index is 308. The first-order valence-electron chi connectivity index (χ1n) is 4.49. The second-order valence-electron chi connectivity index (χ2n) is 3.03. The maximum absolute atomic E-state index is 11.3. The smallest absolute Gasteiger partial charge is 0.262 e. The molecule has 0 saturated carbocycles. The molecule has 3 heteroatoms. The SMILES string of the molecule is C=NC(=O)[C@@H](Cc1ccccc1)NC. The molecular weight excluding hydrogens is 176 g/mol. The number of hydrogen-bond acceptors (Lipinski definition) is 2. The zero-order valence-corrected chi connectivity index (χ0v) is 8.23. The van der Waals surface area contributed by atoms with Crippen LogP contribution in [0.25, 0.3) is 0 Å². The molecule has 0 fully saturated rings. The van der Waals surface area contributed by atoms with E-state index >= 15 is 0 Å². The molecule has 0 radical (unpaired) electrons. The quantitative estimate of drug-likeness (QED) is 0.721. The molecule has 1 N–H and O–H groups in total. The van der Waals surface area contributed by atoms with Crippen molar-refractivity contribution < 1.29 is 4.79 Å². The van der Waals surface area contributed by atoms with Crippen molar-refractivity contribution in [2.45, 2.75) is 12.5 Å². The van der Waals surface area contributed by atoms with Crippen molar-refractivity contribution in [1.29, 1.82) is 0 Å². The Balaban J connectivity index is 2.66. The van der Waals surface area contributed by atoms with Gasteiger partial charge in [-0.2, -0.15) is 0 Å². The minimum atomic E-state index is -0.269. The van der Waals surface area contributed by atoms with E-state index in [0.29, 0.717) is 6.42 Å². The van der Waals surface area contributed by atoms with Gasteiger partial charge in [0.15, 0.2) is 0 Å². The monoisotopic (exact) mass is 190 g/mol. The van der Waals surface area contributed by atoms with Crippen molar-refractivity contribution >= 4 is 12.6 Å². The number of aliphatic imine (C=N–C) groups is 1. The fourth-order valence-electron chi connectivity index (χ4n) is 1.27. The average molecular weight is 190 g/mol. The van der Waals surface area contributed by atoms with Crippen LogP contribution in [-0.2, 0) is 11.2 Å². The Hall–Kier alpha value is -1.48. The lowest BCUT2D eigenvalue weighted by atomic mass is 10.1. The Morgan fingerprint density at radius 1 is 1.50 bits per heavy atom. The molecule has 0 aliphatic carbocycles. The van der Waals surface area contributed by atoms with Crippen LogP contribution >= 0.6 is 0 Å². The van der Waals surface area contributed by atoms with Crippen LogP contribution in [0.15, 0.2) is 35.3 Å². The van der Waals surface area contributed by atoms with Gasteiger partial charge in [0.1, 0.15) is 0 Å². The molecule has 1 atom stereocenters. The lowest BCUT2D eigenvalue weighted by Gasteiger charge is -2.11. The normalized spacial score (nSPS) is 12.1. The van der Waals surface area contributed by atoms with Crippen LogP contribution in [0.1, 0.15) is 5.56 Å². The molecule has 0 aliphatic heterocycles. The number of benzene rings is 1. The number of nitrogens with one attached hydrogen (secondary N) is 1. The molecule has 0 aliphatic rings. The maximum atomic E-state index is 11.3. The summed E-state index contributed by atoms with van der Waals surface area (Å²) in [6, 6.07) is 9.56. The number of nitrogens with zero attached hydrogens (tertiary/aromatic N) is 1. The largest absolute Gasteiger partial charge is 0.309 e. The molecule has 0 saturated heterocycles. The molecule has 3 nitrogen and oxygen atoms in total. The summed E-state index contributed by atoms with van der Waals surface area (Å²) in [5.74, 6) is -0.212. The highest BCUT2D eigenvalue weighted by atomic mass is 16.1. The van der Waals surface area contributed by atoms with E-state index in [1.165, 1.54) is 0 Å². The van der Waals surface area contributed by atoms with Crippen molar-refractivity contribution in [2.24, 2.45) is 4.99 Å². The van der Waals surface area contributed by atoms with Crippen LogP contribution in [0.5, 0.6) is 0 Å². The highest BCUT2D eigenvalue weighted by Crippen LogP contribution is 2.03. The minimum absolute atomic E-state index is 0.212. The fourth-order valence-corrected chi connectivity index (χ4v) is 1.27. The van der Waals surface area contributed by atoms with Gasteiger partial charge < -0.3 is 5.32 Å². The summed E-state index contributed by atoms with van der Waals surface area (Å²) in [6.07, 6.45) is 0.648. The number of likely N-dealkylation sites (N-methyl/N-ethyl adjacent to an activating group) is 1. The highest BCUT2D eigenvalue weighted by Gasteiger charge is 2.14. The molecule has 1 aromatic carbocycles. The van der Waals surface area contributed by atoms with Gasteiger partial charge in [0.05, 0.1) is 6.04 Å². The van der Waals surface area contributed by atoms with Crippen molar-refractivity contribution in [2.75, 3.05) is 7.05 Å². The first kappa shape index (κ1) is 10.6. The molecule has 0 bridgehead atoms. The molecule has 0 heterocycles. The van der Waals surface area contributed by atoms with E-state index in [0.717, 1.165) is 5.56 Å². The number of hydrogen-bond donors (Lipinski definition) is 1. The van der Waals surface area contributed by atoms with Gasteiger partial charge in [-0.3, -0.25) is 4.79 Å². The van der Waals surface area contributed by atoms with Gasteiger partial charge in [-0.25, -0.2) is 4.99 Å². The third-order valence-electron chi connectivity index (χ3n) is 2.09. The summed E-state index contributed by atoms with van der Waals surface area (Å²) in [5, 5.41) is 2.92. The van der Waals surface area contributed by atoms with Gasteiger partial charge in [-0.1, -0.05) is 30.3 Å². The molecule has 0 unspecified atom stereocenters. The zero-order valence-electron chi connectivity index (χ0n) is 8.23. The van der Waals surface area contributed by atoms with Crippen molar-refractivity contribution in [3.63, 3.8) is 0 Å². The van der Waals surface area contributed by atoms with Crippen molar-refractivity contribution in [1.82, 2.24) is 5.32 Å². The third-order valence-corrected chi connectivity index (χ3v) is 2.09. The van der Waals surface area contributed by atoms with Gasteiger partial charge in [-0.05, 0) is 25.7 Å². The lowest BCUT2D eigenvalue weighted by Crippen LogP contribution is -2.34. The zero-order chi connectivity index (χ0) is 10.4. The molecule has 1 aromatic rings. The second-order valence-corrected chi connectivity index (χ2v) is 3.03. The van der Waals surface area contributed by atoms with E-state index in [1.54, 1.807) is 7.05 Å². The number of carbonyl (C=O) groups is 1. The molecule has 0 aromatic heterocycles. The first-order chi connectivity index (χ1) is 6.77. The summed E-state index contributed by atoms with van der Waals surface area (Å²) >= 11 is 0. The fraction of sp³-hybridized carbons (Fsp3) is 0.273. The van der Waals surface area contributed by atoms with E-state index in [9.17, 15) is 4.79 Å². The van der Waals surface area contributed by atoms with E-state index < -0.39 is 0 Å². The summed E-state index contributed by atoms with van der Waals surface area (Å²) < 4.78 is 0. The van der Waals surface area contributed by atoms with Gasteiger partial charge >= 0.3 is 0 Å². The number of rotatable bonds is 4. The van der Waals surface area contributed by atoms with Crippen LogP contribution in [0, 0.1) is 0 Å². The van der Waals surface area contributed by atoms with Crippen LogP contribution in [0.2, 0.25) is 0 Å². The Labute approximate surface area is 83.9 Å². The predicted molar refractivity (Wildman–Crippen MR) is 57.5 cm³/mol. The maximum Gasteiger partial charge on any atom is 0.262 e.